The third-order valence-electron chi connectivity index (χ3n) is 3.64. The lowest BCUT2D eigenvalue weighted by molar-refractivity contribution is 0.590. The zero-order valence-electron chi connectivity index (χ0n) is 11.7. The monoisotopic (exact) mass is 343 g/mol. The molecule has 0 spiro atoms. The molecule has 0 aliphatic heterocycles. The molecule has 0 aliphatic rings. The van der Waals surface area contributed by atoms with Crippen molar-refractivity contribution in [2.45, 2.75) is 4.90 Å². The molecule has 0 saturated carbocycles. The fraction of sp³-hybridized carbons (Fsp3) is 0. The molecule has 0 N–H and O–H groups in total. The standard InChI is InChI=1S/C16H10ClN3O2S/c17-15-9-13-12(10-19-15)6-8-20(13)23(21,22)14-5-1-3-11-4-2-7-18-16(11)14/h1-10H. The maximum absolute atomic E-state index is 13.1. The molecule has 0 unspecified atom stereocenters. The van der Waals surface area contributed by atoms with Crippen molar-refractivity contribution in [3.63, 3.8) is 0 Å². The van der Waals surface area contributed by atoms with Crippen molar-refractivity contribution in [2.24, 2.45) is 0 Å². The van der Waals surface area contributed by atoms with Crippen molar-refractivity contribution in [1.29, 1.82) is 0 Å². The van der Waals surface area contributed by atoms with Crippen molar-refractivity contribution < 1.29 is 8.42 Å². The van der Waals surface area contributed by atoms with Crippen LogP contribution in [-0.2, 0) is 10.0 Å². The van der Waals surface area contributed by atoms with Crippen molar-refractivity contribution >= 4 is 43.4 Å². The van der Waals surface area contributed by atoms with E-state index < -0.39 is 10.0 Å². The third-order valence-corrected chi connectivity index (χ3v) is 5.57. The highest BCUT2D eigenvalue weighted by Gasteiger charge is 2.22. The SMILES string of the molecule is O=S(=O)(c1cccc2cccnc12)n1ccc2cnc(Cl)cc21. The molecule has 23 heavy (non-hydrogen) atoms. The number of hydrogen-bond acceptors (Lipinski definition) is 4. The van der Waals surface area contributed by atoms with Crippen LogP contribution in [0, 0.1) is 0 Å². The normalized spacial score (nSPS) is 12.0. The molecule has 0 fully saturated rings. The molecule has 3 heterocycles. The fourth-order valence-electron chi connectivity index (χ4n) is 2.58. The highest BCUT2D eigenvalue weighted by molar-refractivity contribution is 7.90. The van der Waals surface area contributed by atoms with E-state index in [0.29, 0.717) is 16.4 Å². The Kier molecular flexibility index (Phi) is 3.11. The first-order valence-corrected chi connectivity index (χ1v) is 8.61. The van der Waals surface area contributed by atoms with Gasteiger partial charge in [-0.1, -0.05) is 29.8 Å². The molecule has 1 aromatic carbocycles. The number of aromatic nitrogens is 3. The largest absolute Gasteiger partial charge is 0.270 e. The summed E-state index contributed by atoms with van der Waals surface area (Å²) in [6, 6.07) is 11.9. The van der Waals surface area contributed by atoms with Crippen LogP contribution in [0.3, 0.4) is 0 Å². The molecular weight excluding hydrogens is 334 g/mol. The number of pyridine rings is 2. The molecule has 0 saturated heterocycles. The Morgan fingerprint density at radius 2 is 1.83 bits per heavy atom. The smallest absolute Gasteiger partial charge is 0.255 e. The van der Waals surface area contributed by atoms with Gasteiger partial charge in [0.05, 0.1) is 11.0 Å². The summed E-state index contributed by atoms with van der Waals surface area (Å²) >= 11 is 5.91. The van der Waals surface area contributed by atoms with E-state index in [2.05, 4.69) is 9.97 Å². The van der Waals surface area contributed by atoms with E-state index in [1.54, 1.807) is 36.7 Å². The molecule has 0 aliphatic carbocycles. The number of nitrogens with zero attached hydrogens (tertiary/aromatic N) is 3. The Morgan fingerprint density at radius 1 is 1.00 bits per heavy atom. The number of benzene rings is 1. The molecule has 5 nitrogen and oxygen atoms in total. The van der Waals surface area contributed by atoms with Crippen molar-refractivity contribution in [1.82, 2.24) is 13.9 Å². The summed E-state index contributed by atoms with van der Waals surface area (Å²) in [4.78, 5) is 8.35. The lowest BCUT2D eigenvalue weighted by atomic mass is 10.2. The van der Waals surface area contributed by atoms with Gasteiger partial charge in [0.15, 0.2) is 0 Å². The predicted octanol–water partition coefficient (Wildman–Crippen LogP) is 3.47. The highest BCUT2D eigenvalue weighted by atomic mass is 35.5. The lowest BCUT2D eigenvalue weighted by Crippen LogP contribution is -2.12. The first-order chi connectivity index (χ1) is 11.1. The number of halogens is 1. The molecule has 0 bridgehead atoms. The molecule has 7 heteroatoms. The van der Waals surface area contributed by atoms with Crippen LogP contribution in [0.15, 0.2) is 66.0 Å². The van der Waals surface area contributed by atoms with Crippen molar-refractivity contribution in [2.75, 3.05) is 0 Å². The lowest BCUT2D eigenvalue weighted by Gasteiger charge is -2.09. The maximum Gasteiger partial charge on any atom is 0.270 e. The van der Waals surface area contributed by atoms with Gasteiger partial charge in [0, 0.05) is 35.4 Å². The Bertz CT molecular complexity index is 1150. The van der Waals surface area contributed by atoms with Gasteiger partial charge in [0.25, 0.3) is 10.0 Å². The summed E-state index contributed by atoms with van der Waals surface area (Å²) in [7, 11) is -3.80. The van der Waals surface area contributed by atoms with Crippen LogP contribution < -0.4 is 0 Å². The van der Waals surface area contributed by atoms with Gasteiger partial charge in [0.1, 0.15) is 10.0 Å². The second kappa shape index (κ2) is 5.04. The summed E-state index contributed by atoms with van der Waals surface area (Å²) in [6.07, 6.45) is 4.63. The van der Waals surface area contributed by atoms with Crippen LogP contribution in [0.5, 0.6) is 0 Å². The molecule has 0 radical (unpaired) electrons. The predicted molar refractivity (Wildman–Crippen MR) is 89.1 cm³/mol. The summed E-state index contributed by atoms with van der Waals surface area (Å²) in [5, 5.41) is 1.71. The zero-order valence-corrected chi connectivity index (χ0v) is 13.3. The van der Waals surface area contributed by atoms with Gasteiger partial charge < -0.3 is 0 Å². The fourth-order valence-corrected chi connectivity index (χ4v) is 4.25. The van der Waals surface area contributed by atoms with E-state index in [1.165, 1.54) is 16.2 Å². The zero-order chi connectivity index (χ0) is 16.0. The van der Waals surface area contributed by atoms with Crippen LogP contribution >= 0.6 is 11.6 Å². The van der Waals surface area contributed by atoms with E-state index in [1.807, 2.05) is 12.1 Å². The molecule has 4 aromatic rings. The highest BCUT2D eigenvalue weighted by Crippen LogP contribution is 2.27. The molecule has 4 rings (SSSR count). The summed E-state index contributed by atoms with van der Waals surface area (Å²) in [6.45, 7) is 0. The Balaban J connectivity index is 2.04. The minimum Gasteiger partial charge on any atom is -0.255 e. The van der Waals surface area contributed by atoms with Crippen LogP contribution in [0.1, 0.15) is 0 Å². The number of rotatable bonds is 2. The van der Waals surface area contributed by atoms with Gasteiger partial charge in [0.2, 0.25) is 0 Å². The van der Waals surface area contributed by atoms with E-state index in [9.17, 15) is 8.42 Å². The minimum absolute atomic E-state index is 0.154. The first-order valence-electron chi connectivity index (χ1n) is 6.79. The quantitative estimate of drug-likeness (QED) is 0.523. The summed E-state index contributed by atoms with van der Waals surface area (Å²) < 4.78 is 27.4. The molecule has 0 atom stereocenters. The van der Waals surface area contributed by atoms with E-state index in [4.69, 9.17) is 11.6 Å². The molecule has 114 valence electrons. The van der Waals surface area contributed by atoms with Crippen LogP contribution in [0.25, 0.3) is 21.8 Å². The van der Waals surface area contributed by atoms with Gasteiger partial charge in [-0.25, -0.2) is 17.4 Å². The number of hydrogen-bond donors (Lipinski definition) is 0. The maximum atomic E-state index is 13.1. The summed E-state index contributed by atoms with van der Waals surface area (Å²) in [5.74, 6) is 0. The van der Waals surface area contributed by atoms with Crippen LogP contribution in [0.4, 0.5) is 0 Å². The van der Waals surface area contributed by atoms with Gasteiger partial charge in [-0.05, 0) is 18.2 Å². The Labute approximate surface area is 137 Å². The first kappa shape index (κ1) is 14.2. The second-order valence-electron chi connectivity index (χ2n) is 5.01. The Hall–Kier alpha value is -2.44. The summed E-state index contributed by atoms with van der Waals surface area (Å²) in [5.41, 5.74) is 0.926. The van der Waals surface area contributed by atoms with E-state index in [0.717, 1.165) is 5.39 Å². The minimum atomic E-state index is -3.80. The van der Waals surface area contributed by atoms with Gasteiger partial charge >= 0.3 is 0 Å². The number of fused-ring (bicyclic) bond motifs is 2. The van der Waals surface area contributed by atoms with Crippen LogP contribution in [0.2, 0.25) is 5.15 Å². The van der Waals surface area contributed by atoms with E-state index in [-0.39, 0.29) is 10.0 Å². The average molecular weight is 344 g/mol. The van der Waals surface area contributed by atoms with Gasteiger partial charge in [-0.3, -0.25) is 4.98 Å². The van der Waals surface area contributed by atoms with Crippen molar-refractivity contribution in [3.05, 3.63) is 66.2 Å². The molecule has 0 amide bonds. The topological polar surface area (TPSA) is 64.8 Å². The third kappa shape index (κ3) is 2.18. The molecule has 3 aromatic heterocycles. The van der Waals surface area contributed by atoms with Crippen LogP contribution in [-0.4, -0.2) is 22.4 Å². The number of para-hydroxylation sites is 1. The van der Waals surface area contributed by atoms with Crippen molar-refractivity contribution in [3.8, 4) is 0 Å². The van der Waals surface area contributed by atoms with Gasteiger partial charge in [-0.15, -0.1) is 0 Å². The Morgan fingerprint density at radius 3 is 2.70 bits per heavy atom. The van der Waals surface area contributed by atoms with Gasteiger partial charge in [-0.2, -0.15) is 0 Å². The van der Waals surface area contributed by atoms with E-state index >= 15 is 0 Å². The second-order valence-corrected chi connectivity index (χ2v) is 7.18. The average Bonchev–Trinajstić information content (AvgIpc) is 2.98. The molecular formula is C16H10ClN3O2S.